The number of ether oxygens (including phenoxy) is 2. The number of rotatable bonds is 3. The quantitative estimate of drug-likeness (QED) is 0.728. The molecular formula is C11H19BrO2. The molecule has 2 nitrogen and oxygen atoms in total. The van der Waals surface area contributed by atoms with Gasteiger partial charge in [0.05, 0.1) is 25.4 Å². The Morgan fingerprint density at radius 3 is 2.29 bits per heavy atom. The van der Waals surface area contributed by atoms with E-state index in [0.717, 1.165) is 24.5 Å². The summed E-state index contributed by atoms with van der Waals surface area (Å²) in [4.78, 5) is 0. The Kier molecular flexibility index (Phi) is 3.50. The van der Waals surface area contributed by atoms with Gasteiger partial charge in [-0.2, -0.15) is 0 Å². The summed E-state index contributed by atoms with van der Waals surface area (Å²) in [7, 11) is 0. The molecule has 82 valence electrons. The molecule has 4 atom stereocenters. The lowest BCUT2D eigenvalue weighted by Crippen LogP contribution is -2.23. The molecular weight excluding hydrogens is 244 g/mol. The van der Waals surface area contributed by atoms with Crippen molar-refractivity contribution in [1.82, 2.24) is 0 Å². The molecule has 2 aliphatic heterocycles. The number of hydrogen-bond acceptors (Lipinski definition) is 2. The van der Waals surface area contributed by atoms with E-state index in [1.54, 1.807) is 0 Å². The van der Waals surface area contributed by atoms with E-state index >= 15 is 0 Å². The summed E-state index contributed by atoms with van der Waals surface area (Å²) in [5, 5.41) is 0.950. The summed E-state index contributed by atoms with van der Waals surface area (Å²) in [6.07, 6.45) is 2.01. The van der Waals surface area contributed by atoms with Crippen LogP contribution in [0.5, 0.6) is 0 Å². The van der Waals surface area contributed by atoms with E-state index < -0.39 is 0 Å². The maximum atomic E-state index is 5.86. The fourth-order valence-corrected chi connectivity index (χ4v) is 3.26. The predicted molar refractivity (Wildman–Crippen MR) is 59.7 cm³/mol. The first kappa shape index (κ1) is 10.9. The third kappa shape index (κ3) is 2.00. The zero-order valence-electron chi connectivity index (χ0n) is 8.91. The lowest BCUT2D eigenvalue weighted by atomic mass is 9.87. The Balaban J connectivity index is 1.94. The van der Waals surface area contributed by atoms with Crippen LogP contribution in [0.2, 0.25) is 0 Å². The number of halogens is 1. The van der Waals surface area contributed by atoms with Gasteiger partial charge >= 0.3 is 0 Å². The normalized spacial score (nSPS) is 42.0. The summed E-state index contributed by atoms with van der Waals surface area (Å²) in [6, 6.07) is 0. The van der Waals surface area contributed by atoms with Gasteiger partial charge in [0.15, 0.2) is 0 Å². The lowest BCUT2D eigenvalue weighted by molar-refractivity contribution is 0.0206. The Morgan fingerprint density at radius 2 is 1.71 bits per heavy atom. The topological polar surface area (TPSA) is 18.5 Å². The van der Waals surface area contributed by atoms with Crippen LogP contribution in [0.3, 0.4) is 0 Å². The van der Waals surface area contributed by atoms with Crippen LogP contribution in [-0.2, 0) is 9.47 Å². The standard InChI is InChI=1S/C11H19BrO2/c1-7(2)3-10-8-5-14-11(4-12)9(8)6-13-10/h7-11H,3-6H2,1-2H3/t8-,9-,10+,11+/m0/s1. The SMILES string of the molecule is CC(C)C[C@H]1OC[C@H]2[C@@H]1CO[C@@H]2CBr. The minimum atomic E-state index is 0.386. The van der Waals surface area contributed by atoms with Gasteiger partial charge in [-0.05, 0) is 12.3 Å². The van der Waals surface area contributed by atoms with Crippen molar-refractivity contribution in [3.63, 3.8) is 0 Å². The van der Waals surface area contributed by atoms with Crippen molar-refractivity contribution in [3.05, 3.63) is 0 Å². The molecule has 0 aromatic heterocycles. The van der Waals surface area contributed by atoms with E-state index in [1.165, 1.54) is 6.42 Å². The highest BCUT2D eigenvalue weighted by atomic mass is 79.9. The molecule has 0 aromatic carbocycles. The fourth-order valence-electron chi connectivity index (χ4n) is 2.60. The first-order chi connectivity index (χ1) is 6.72. The number of fused-ring (bicyclic) bond motifs is 1. The first-order valence-electron chi connectivity index (χ1n) is 5.51. The molecule has 2 heterocycles. The highest BCUT2D eigenvalue weighted by Crippen LogP contribution is 2.39. The fraction of sp³-hybridized carbons (Fsp3) is 1.00. The second-order valence-corrected chi connectivity index (χ2v) is 5.50. The molecule has 0 aromatic rings. The van der Waals surface area contributed by atoms with Crippen molar-refractivity contribution < 1.29 is 9.47 Å². The monoisotopic (exact) mass is 262 g/mol. The van der Waals surface area contributed by atoms with E-state index in [2.05, 4.69) is 29.8 Å². The minimum Gasteiger partial charge on any atom is -0.377 e. The van der Waals surface area contributed by atoms with Crippen LogP contribution in [0, 0.1) is 17.8 Å². The minimum absolute atomic E-state index is 0.386. The summed E-state index contributed by atoms with van der Waals surface area (Å²) in [5.41, 5.74) is 0. The molecule has 0 unspecified atom stereocenters. The van der Waals surface area contributed by atoms with E-state index in [-0.39, 0.29) is 0 Å². The highest BCUT2D eigenvalue weighted by Gasteiger charge is 2.46. The molecule has 2 saturated heterocycles. The summed E-state index contributed by atoms with van der Waals surface area (Å²) in [5.74, 6) is 2.01. The molecule has 0 amide bonds. The van der Waals surface area contributed by atoms with Crippen LogP contribution in [0.15, 0.2) is 0 Å². The molecule has 0 aliphatic carbocycles. The van der Waals surface area contributed by atoms with Gasteiger partial charge in [-0.25, -0.2) is 0 Å². The van der Waals surface area contributed by atoms with Crippen LogP contribution in [0.25, 0.3) is 0 Å². The van der Waals surface area contributed by atoms with Crippen LogP contribution in [0.4, 0.5) is 0 Å². The van der Waals surface area contributed by atoms with Crippen LogP contribution < -0.4 is 0 Å². The Labute approximate surface area is 94.5 Å². The lowest BCUT2D eigenvalue weighted by Gasteiger charge is -2.17. The molecule has 0 radical (unpaired) electrons. The zero-order chi connectivity index (χ0) is 10.1. The molecule has 2 rings (SSSR count). The van der Waals surface area contributed by atoms with E-state index in [0.29, 0.717) is 24.0 Å². The van der Waals surface area contributed by atoms with Crippen molar-refractivity contribution in [2.24, 2.45) is 17.8 Å². The average molecular weight is 263 g/mol. The van der Waals surface area contributed by atoms with Gasteiger partial charge in [0.2, 0.25) is 0 Å². The van der Waals surface area contributed by atoms with Crippen LogP contribution >= 0.6 is 15.9 Å². The van der Waals surface area contributed by atoms with Gasteiger partial charge in [0.25, 0.3) is 0 Å². The molecule has 2 fully saturated rings. The third-order valence-corrected chi connectivity index (χ3v) is 4.00. The van der Waals surface area contributed by atoms with Crippen molar-refractivity contribution in [2.75, 3.05) is 18.5 Å². The van der Waals surface area contributed by atoms with Gasteiger partial charge in [-0.1, -0.05) is 29.8 Å². The third-order valence-electron chi connectivity index (χ3n) is 3.37. The average Bonchev–Trinajstić information content (AvgIpc) is 2.67. The van der Waals surface area contributed by atoms with Crippen molar-refractivity contribution in [2.45, 2.75) is 32.5 Å². The van der Waals surface area contributed by atoms with Gasteiger partial charge in [-0.3, -0.25) is 0 Å². The smallest absolute Gasteiger partial charge is 0.0726 e. The molecule has 0 saturated carbocycles. The van der Waals surface area contributed by atoms with Crippen LogP contribution in [0.1, 0.15) is 20.3 Å². The van der Waals surface area contributed by atoms with Gasteiger partial charge in [0.1, 0.15) is 0 Å². The highest BCUT2D eigenvalue weighted by molar-refractivity contribution is 9.09. The maximum Gasteiger partial charge on any atom is 0.0726 e. The second-order valence-electron chi connectivity index (χ2n) is 4.86. The van der Waals surface area contributed by atoms with Gasteiger partial charge < -0.3 is 9.47 Å². The van der Waals surface area contributed by atoms with Gasteiger partial charge in [0, 0.05) is 17.2 Å². The Morgan fingerprint density at radius 1 is 1.14 bits per heavy atom. The largest absolute Gasteiger partial charge is 0.377 e. The van der Waals surface area contributed by atoms with Crippen molar-refractivity contribution in [3.8, 4) is 0 Å². The molecule has 2 aliphatic rings. The van der Waals surface area contributed by atoms with Gasteiger partial charge in [-0.15, -0.1) is 0 Å². The predicted octanol–water partition coefficient (Wildman–Crippen LogP) is 2.46. The Hall–Kier alpha value is 0.400. The molecule has 0 spiro atoms. The summed E-state index contributed by atoms with van der Waals surface area (Å²) < 4.78 is 11.6. The van der Waals surface area contributed by atoms with Crippen LogP contribution in [-0.4, -0.2) is 30.8 Å². The summed E-state index contributed by atoms with van der Waals surface area (Å²) >= 11 is 3.50. The summed E-state index contributed by atoms with van der Waals surface area (Å²) in [6.45, 7) is 6.32. The molecule has 0 bridgehead atoms. The van der Waals surface area contributed by atoms with E-state index in [1.807, 2.05) is 0 Å². The second kappa shape index (κ2) is 4.50. The number of hydrogen-bond donors (Lipinski definition) is 0. The molecule has 14 heavy (non-hydrogen) atoms. The Bertz CT molecular complexity index is 196. The molecule has 3 heteroatoms. The zero-order valence-corrected chi connectivity index (χ0v) is 10.5. The van der Waals surface area contributed by atoms with E-state index in [4.69, 9.17) is 9.47 Å². The van der Waals surface area contributed by atoms with Crippen molar-refractivity contribution in [1.29, 1.82) is 0 Å². The number of alkyl halides is 1. The van der Waals surface area contributed by atoms with E-state index in [9.17, 15) is 0 Å². The first-order valence-corrected chi connectivity index (χ1v) is 6.63. The molecule has 0 N–H and O–H groups in total. The van der Waals surface area contributed by atoms with Crippen molar-refractivity contribution >= 4 is 15.9 Å². The maximum absolute atomic E-state index is 5.86.